The summed E-state index contributed by atoms with van der Waals surface area (Å²) in [6.45, 7) is 3.79. The minimum Gasteiger partial charge on any atom is -0.621 e. The molecule has 0 saturated heterocycles. The molecule has 4 heteroatoms. The van der Waals surface area contributed by atoms with Gasteiger partial charge in [-0.3, -0.25) is 0 Å². The summed E-state index contributed by atoms with van der Waals surface area (Å²) in [5, 5.41) is 2.64. The van der Waals surface area contributed by atoms with Gasteiger partial charge in [0.05, 0.1) is 7.85 Å². The van der Waals surface area contributed by atoms with Gasteiger partial charge in [-0.1, -0.05) is 6.92 Å². The molecular formula is C6H13BNWY-. The van der Waals surface area contributed by atoms with Gasteiger partial charge in [0.2, 0.25) is 0 Å². The maximum atomic E-state index is 5.38. The Labute approximate surface area is 106 Å². The van der Waals surface area contributed by atoms with Crippen LogP contribution in [0.15, 0.2) is 0 Å². The van der Waals surface area contributed by atoms with Gasteiger partial charge in [0.1, 0.15) is 0 Å². The second kappa shape index (κ2) is 17.1. The molecule has 1 nitrogen and oxygen atoms in total. The molecular weight excluding hydrogens is 370 g/mol. The van der Waals surface area contributed by atoms with Crippen molar-refractivity contribution in [3.8, 4) is 0 Å². The average molecular weight is 383 g/mol. The molecule has 0 amide bonds. The molecule has 0 aromatic rings. The van der Waals surface area contributed by atoms with Gasteiger partial charge >= 0.3 is 21.1 Å². The molecule has 0 heterocycles. The molecule has 0 saturated carbocycles. The summed E-state index contributed by atoms with van der Waals surface area (Å²) in [5.41, 5.74) is 0. The van der Waals surface area contributed by atoms with Crippen molar-refractivity contribution in [3.63, 3.8) is 0 Å². The van der Waals surface area contributed by atoms with Crippen LogP contribution in [-0.2, 0) is 53.8 Å². The Morgan fingerprint density at radius 3 is 2.20 bits per heavy atom. The van der Waals surface area contributed by atoms with E-state index in [1.54, 1.807) is 0 Å². The van der Waals surface area contributed by atoms with Crippen LogP contribution >= 0.6 is 0 Å². The van der Waals surface area contributed by atoms with Crippen molar-refractivity contribution in [1.82, 2.24) is 5.32 Å². The van der Waals surface area contributed by atoms with Gasteiger partial charge in [0.15, 0.2) is 0 Å². The van der Waals surface area contributed by atoms with Gasteiger partial charge in [0.25, 0.3) is 0 Å². The van der Waals surface area contributed by atoms with Crippen molar-refractivity contribution in [2.24, 2.45) is 0 Å². The number of rotatable bonds is 3. The normalized spacial score (nSPS) is 9.80. The molecule has 0 bridgehead atoms. The van der Waals surface area contributed by atoms with E-state index in [1.807, 2.05) is 13.5 Å². The molecule has 10 heavy (non-hydrogen) atoms. The average Bonchev–Trinajstić information content (AvgIpc) is 1.61. The van der Waals surface area contributed by atoms with Crippen LogP contribution in [0.5, 0.6) is 0 Å². The maximum Gasteiger partial charge on any atom is 2.00 e. The fourth-order valence-corrected chi connectivity index (χ4v) is 0.269. The van der Waals surface area contributed by atoms with Crippen LogP contribution in [0.4, 0.5) is 0 Å². The monoisotopic (exact) mass is 383 g/mol. The fraction of sp³-hybridized carbons (Fsp3) is 0.500. The summed E-state index contributed by atoms with van der Waals surface area (Å²) < 4.78 is 0. The van der Waals surface area contributed by atoms with Crippen LogP contribution in [0.3, 0.4) is 0 Å². The van der Waals surface area contributed by atoms with Crippen LogP contribution in [0, 0.1) is 21.0 Å². The zero-order valence-corrected chi connectivity index (χ0v) is 12.4. The van der Waals surface area contributed by atoms with Crippen molar-refractivity contribution in [2.75, 3.05) is 0 Å². The Hall–Kier alpha value is 1.82. The second-order valence-corrected chi connectivity index (χ2v) is 1.62. The van der Waals surface area contributed by atoms with Crippen molar-refractivity contribution < 1.29 is 53.8 Å². The molecule has 0 aliphatic rings. The Morgan fingerprint density at radius 1 is 1.70 bits per heavy atom. The van der Waals surface area contributed by atoms with Crippen LogP contribution in [0.2, 0.25) is 5.82 Å². The fourth-order valence-electron chi connectivity index (χ4n) is 0.269. The molecule has 0 aliphatic carbocycles. The molecule has 1 N–H and O–H groups in total. The molecule has 0 aromatic heterocycles. The molecule has 55 valence electrons. The predicted octanol–water partition coefficient (Wildman–Crippen LogP) is 1.34. The quantitative estimate of drug-likeness (QED) is 0.574. The minimum absolute atomic E-state index is 0. The standard InChI is InChI=1S/C5H10BN.CH3.W.Y/c1-5(6)3-4-7-2;;;/h4-5,7H,2-3H2,1H3;1H3;;/q-2;-1;+2;. The number of nitrogens with one attached hydrogen (secondary N) is 1. The summed E-state index contributed by atoms with van der Waals surface area (Å²) in [5.74, 6) is 0.245. The zero-order valence-electron chi connectivity index (χ0n) is 6.63. The summed E-state index contributed by atoms with van der Waals surface area (Å²) in [6, 6.07) is 0. The SMILES string of the molecule is [B]C(C)C[CH-]N[CH2-].[CH3-].[W+2].[Y]. The molecule has 1 atom stereocenters. The number of hydrogen-bond donors (Lipinski definition) is 1. The molecule has 0 spiro atoms. The van der Waals surface area contributed by atoms with Gasteiger partial charge in [-0.2, -0.15) is 6.42 Å². The zero-order chi connectivity index (χ0) is 5.70. The van der Waals surface area contributed by atoms with Crippen LogP contribution < -0.4 is 5.32 Å². The maximum absolute atomic E-state index is 5.38. The van der Waals surface area contributed by atoms with E-state index >= 15 is 0 Å². The minimum atomic E-state index is 0. The van der Waals surface area contributed by atoms with E-state index in [1.165, 1.54) is 0 Å². The van der Waals surface area contributed by atoms with E-state index in [4.69, 9.17) is 7.85 Å². The third-order valence-electron chi connectivity index (χ3n) is 0.634. The predicted molar refractivity (Wildman–Crippen MR) is 39.0 cm³/mol. The van der Waals surface area contributed by atoms with Crippen molar-refractivity contribution in [1.29, 1.82) is 0 Å². The number of hydrogen-bond acceptors (Lipinski definition) is 1. The smallest absolute Gasteiger partial charge is 0.621 e. The second-order valence-electron chi connectivity index (χ2n) is 1.62. The van der Waals surface area contributed by atoms with E-state index in [0.717, 1.165) is 6.42 Å². The molecule has 0 rings (SSSR count). The summed E-state index contributed by atoms with van der Waals surface area (Å²) in [4.78, 5) is 0. The Morgan fingerprint density at radius 2 is 2.10 bits per heavy atom. The molecule has 0 aliphatic heterocycles. The Kier molecular flexibility index (Phi) is 38.6. The van der Waals surface area contributed by atoms with Crippen LogP contribution in [0.1, 0.15) is 13.3 Å². The summed E-state index contributed by atoms with van der Waals surface area (Å²) in [6.07, 6.45) is 0.878. The third-order valence-corrected chi connectivity index (χ3v) is 0.634. The Balaban J connectivity index is -0.0000000600. The van der Waals surface area contributed by atoms with Gasteiger partial charge in [-0.25, -0.2) is 0 Å². The van der Waals surface area contributed by atoms with Crippen molar-refractivity contribution >= 4 is 7.85 Å². The first-order valence-corrected chi connectivity index (χ1v) is 2.37. The molecule has 0 aromatic carbocycles. The van der Waals surface area contributed by atoms with Crippen LogP contribution in [-0.4, -0.2) is 7.85 Å². The first kappa shape index (κ1) is 22.6. The topological polar surface area (TPSA) is 12.0 Å². The van der Waals surface area contributed by atoms with E-state index in [9.17, 15) is 0 Å². The van der Waals surface area contributed by atoms with E-state index < -0.39 is 0 Å². The third kappa shape index (κ3) is 22.6. The summed E-state index contributed by atoms with van der Waals surface area (Å²) in [7, 11) is 8.78. The van der Waals surface area contributed by atoms with Crippen LogP contribution in [0.25, 0.3) is 0 Å². The molecule has 3 radical (unpaired) electrons. The van der Waals surface area contributed by atoms with Gasteiger partial charge in [-0.15, -0.1) is 5.82 Å². The molecule has 0 fully saturated rings. The first-order valence-electron chi connectivity index (χ1n) is 2.37. The first-order chi connectivity index (χ1) is 3.27. The Bertz CT molecular complexity index is 46.7. The van der Waals surface area contributed by atoms with Crippen molar-refractivity contribution in [3.05, 3.63) is 21.0 Å². The van der Waals surface area contributed by atoms with E-state index in [-0.39, 0.29) is 67.0 Å². The van der Waals surface area contributed by atoms with E-state index in [2.05, 4.69) is 12.4 Å². The van der Waals surface area contributed by atoms with E-state index in [0.29, 0.717) is 0 Å². The van der Waals surface area contributed by atoms with Crippen molar-refractivity contribution in [2.45, 2.75) is 19.2 Å². The largest absolute Gasteiger partial charge is 2.00 e. The summed E-state index contributed by atoms with van der Waals surface area (Å²) >= 11 is 0. The van der Waals surface area contributed by atoms with Gasteiger partial charge < -0.3 is 26.3 Å². The van der Waals surface area contributed by atoms with Gasteiger partial charge in [0, 0.05) is 32.7 Å². The van der Waals surface area contributed by atoms with Gasteiger partial charge in [-0.05, 0) is 0 Å². The molecule has 1 unspecified atom stereocenters.